The highest BCUT2D eigenvalue weighted by atomic mass is 19.4. The molecule has 0 atom stereocenters. The monoisotopic (exact) mass is 617 g/mol. The zero-order valence-corrected chi connectivity index (χ0v) is 24.6. The number of carbonyl (C=O) groups is 2. The van der Waals surface area contributed by atoms with Crippen LogP contribution in [-0.4, -0.2) is 59.1 Å². The second kappa shape index (κ2) is 11.8. The van der Waals surface area contributed by atoms with Gasteiger partial charge in [-0.2, -0.15) is 13.2 Å². The molecule has 2 aliphatic heterocycles. The summed E-state index contributed by atoms with van der Waals surface area (Å²) in [5, 5.41) is 3.06. The van der Waals surface area contributed by atoms with E-state index in [-0.39, 0.29) is 35.0 Å². The fourth-order valence-electron chi connectivity index (χ4n) is 5.70. The number of alkyl halides is 3. The predicted octanol–water partition coefficient (Wildman–Crippen LogP) is 5.19. The number of morpholine rings is 1. The van der Waals surface area contributed by atoms with Crippen molar-refractivity contribution in [1.29, 1.82) is 0 Å². The quantitative estimate of drug-likeness (QED) is 0.331. The van der Waals surface area contributed by atoms with E-state index in [0.717, 1.165) is 11.6 Å². The SMILES string of the molecule is Cc1ccc(C(=O)N2CCc3c(-c4cn(C)c(=O)c(Nc5ccc(C(=O)N6CCOCC6)cc5)n4)cccc32)cc1C(F)(F)F. The van der Waals surface area contributed by atoms with E-state index < -0.39 is 17.6 Å². The van der Waals surface area contributed by atoms with Crippen molar-refractivity contribution in [2.75, 3.05) is 43.1 Å². The molecule has 12 heteroatoms. The molecule has 0 saturated carbocycles. The molecular weight excluding hydrogens is 587 g/mol. The minimum absolute atomic E-state index is 0.0458. The molecule has 0 aliphatic carbocycles. The molecule has 2 aliphatic rings. The zero-order valence-electron chi connectivity index (χ0n) is 24.6. The van der Waals surface area contributed by atoms with Gasteiger partial charge in [0.2, 0.25) is 0 Å². The summed E-state index contributed by atoms with van der Waals surface area (Å²) in [5.74, 6) is -0.539. The topological polar surface area (TPSA) is 96.8 Å². The lowest BCUT2D eigenvalue weighted by molar-refractivity contribution is -0.138. The molecule has 1 saturated heterocycles. The van der Waals surface area contributed by atoms with Crippen LogP contribution in [0.5, 0.6) is 0 Å². The molecular formula is C33H30F3N5O4. The molecule has 2 amide bonds. The van der Waals surface area contributed by atoms with Crippen LogP contribution in [0.4, 0.5) is 30.4 Å². The maximum atomic E-state index is 13.5. The number of halogens is 3. The van der Waals surface area contributed by atoms with E-state index in [1.54, 1.807) is 54.5 Å². The van der Waals surface area contributed by atoms with Crippen molar-refractivity contribution >= 4 is 29.0 Å². The molecule has 0 bridgehead atoms. The summed E-state index contributed by atoms with van der Waals surface area (Å²) in [5.41, 5.74) is 2.46. The number of aryl methyl sites for hydroxylation is 2. The van der Waals surface area contributed by atoms with Crippen LogP contribution in [-0.2, 0) is 24.4 Å². The molecule has 0 radical (unpaired) electrons. The van der Waals surface area contributed by atoms with Gasteiger partial charge in [-0.1, -0.05) is 18.2 Å². The van der Waals surface area contributed by atoms with E-state index in [9.17, 15) is 27.6 Å². The number of nitrogens with one attached hydrogen (secondary N) is 1. The van der Waals surface area contributed by atoms with Gasteiger partial charge in [-0.05, 0) is 66.9 Å². The Hall–Kier alpha value is -4.97. The first kappa shape index (κ1) is 30.1. The highest BCUT2D eigenvalue weighted by Gasteiger charge is 2.34. The Labute approximate surface area is 256 Å². The largest absolute Gasteiger partial charge is 0.416 e. The van der Waals surface area contributed by atoms with Gasteiger partial charge in [-0.25, -0.2) is 4.98 Å². The molecule has 232 valence electrons. The Morgan fingerprint density at radius 3 is 2.36 bits per heavy atom. The van der Waals surface area contributed by atoms with E-state index >= 15 is 0 Å². The molecule has 3 aromatic carbocycles. The number of anilines is 3. The van der Waals surface area contributed by atoms with Crippen LogP contribution in [0.15, 0.2) is 71.7 Å². The molecule has 0 unspecified atom stereocenters. The average Bonchev–Trinajstić information content (AvgIpc) is 3.47. The standard InChI is InChI=1S/C33H30F3N5O4/c1-20-6-7-22(18-26(20)33(34,35)36)31(43)41-13-12-25-24(4-3-5-28(25)41)27-19-39(2)32(44)29(38-27)37-23-10-8-21(9-11-23)30(42)40-14-16-45-17-15-40/h3-11,18-19H,12-17H2,1-2H3,(H,37,38). The molecule has 9 nitrogen and oxygen atoms in total. The number of nitrogens with zero attached hydrogens (tertiary/aromatic N) is 4. The first-order chi connectivity index (χ1) is 21.5. The molecule has 1 N–H and O–H groups in total. The molecule has 4 aromatic rings. The number of rotatable bonds is 5. The van der Waals surface area contributed by atoms with E-state index in [1.165, 1.54) is 28.5 Å². The Balaban J connectivity index is 1.26. The minimum Gasteiger partial charge on any atom is -0.378 e. The number of carbonyl (C=O) groups excluding carboxylic acids is 2. The van der Waals surface area contributed by atoms with Crippen LogP contribution < -0.4 is 15.8 Å². The van der Waals surface area contributed by atoms with E-state index in [4.69, 9.17) is 4.74 Å². The van der Waals surface area contributed by atoms with Gasteiger partial charge in [0.1, 0.15) is 0 Å². The van der Waals surface area contributed by atoms with Crippen molar-refractivity contribution in [2.24, 2.45) is 7.05 Å². The van der Waals surface area contributed by atoms with Crippen molar-refractivity contribution in [3.63, 3.8) is 0 Å². The second-order valence-electron chi connectivity index (χ2n) is 11.0. The van der Waals surface area contributed by atoms with Gasteiger partial charge in [-0.3, -0.25) is 14.4 Å². The van der Waals surface area contributed by atoms with E-state index in [1.807, 2.05) is 6.07 Å². The minimum atomic E-state index is -4.57. The van der Waals surface area contributed by atoms with Crippen LogP contribution in [0.2, 0.25) is 0 Å². The lowest BCUT2D eigenvalue weighted by Gasteiger charge is -2.26. The van der Waals surface area contributed by atoms with Crippen LogP contribution in [0.3, 0.4) is 0 Å². The number of ether oxygens (including phenoxy) is 1. The number of benzene rings is 3. The lowest BCUT2D eigenvalue weighted by Crippen LogP contribution is -2.40. The predicted molar refractivity (Wildman–Crippen MR) is 163 cm³/mol. The van der Waals surface area contributed by atoms with Gasteiger partial charge in [0.15, 0.2) is 5.82 Å². The normalized spacial score (nSPS) is 14.8. The third-order valence-electron chi connectivity index (χ3n) is 8.10. The summed E-state index contributed by atoms with van der Waals surface area (Å²) in [4.78, 5) is 47.1. The smallest absolute Gasteiger partial charge is 0.378 e. The second-order valence-corrected chi connectivity index (χ2v) is 11.0. The number of aromatic nitrogens is 2. The van der Waals surface area contributed by atoms with Gasteiger partial charge >= 0.3 is 6.18 Å². The maximum Gasteiger partial charge on any atom is 0.416 e. The van der Waals surface area contributed by atoms with Crippen LogP contribution in [0.25, 0.3) is 11.3 Å². The van der Waals surface area contributed by atoms with E-state index in [0.29, 0.717) is 60.9 Å². The number of hydrogen-bond acceptors (Lipinski definition) is 6. The van der Waals surface area contributed by atoms with Crippen molar-refractivity contribution in [2.45, 2.75) is 19.5 Å². The van der Waals surface area contributed by atoms with Gasteiger partial charge in [-0.15, -0.1) is 0 Å². The van der Waals surface area contributed by atoms with Gasteiger partial charge in [0.25, 0.3) is 17.4 Å². The highest BCUT2D eigenvalue weighted by Crippen LogP contribution is 2.38. The van der Waals surface area contributed by atoms with Crippen molar-refractivity contribution in [3.05, 3.63) is 105 Å². The van der Waals surface area contributed by atoms with Crippen LogP contribution in [0.1, 0.15) is 37.4 Å². The number of fused-ring (bicyclic) bond motifs is 1. The van der Waals surface area contributed by atoms with Crippen LogP contribution in [0, 0.1) is 6.92 Å². The summed E-state index contributed by atoms with van der Waals surface area (Å²) in [6.07, 6.45) is -2.51. The van der Waals surface area contributed by atoms with Crippen molar-refractivity contribution in [1.82, 2.24) is 14.5 Å². The van der Waals surface area contributed by atoms with Crippen molar-refractivity contribution in [3.8, 4) is 11.3 Å². The summed E-state index contributed by atoms with van der Waals surface area (Å²) < 4.78 is 47.3. The Bertz CT molecular complexity index is 1850. The zero-order chi connectivity index (χ0) is 31.9. The summed E-state index contributed by atoms with van der Waals surface area (Å²) in [6, 6.07) is 15.8. The Morgan fingerprint density at radius 1 is 0.933 bits per heavy atom. The van der Waals surface area contributed by atoms with Crippen molar-refractivity contribution < 1.29 is 27.5 Å². The fourth-order valence-corrected chi connectivity index (χ4v) is 5.70. The Kier molecular flexibility index (Phi) is 7.92. The molecule has 1 fully saturated rings. The van der Waals surface area contributed by atoms with E-state index in [2.05, 4.69) is 10.3 Å². The number of hydrogen-bond donors (Lipinski definition) is 1. The summed E-state index contributed by atoms with van der Waals surface area (Å²) in [7, 11) is 1.61. The average molecular weight is 618 g/mol. The lowest BCUT2D eigenvalue weighted by atomic mass is 10.0. The molecule has 1 aromatic heterocycles. The van der Waals surface area contributed by atoms with Crippen LogP contribution >= 0.6 is 0 Å². The first-order valence-electron chi connectivity index (χ1n) is 14.4. The maximum absolute atomic E-state index is 13.5. The molecule has 45 heavy (non-hydrogen) atoms. The molecule has 3 heterocycles. The summed E-state index contributed by atoms with van der Waals surface area (Å²) in [6.45, 7) is 3.72. The first-order valence-corrected chi connectivity index (χ1v) is 14.4. The molecule has 6 rings (SSSR count). The molecule has 0 spiro atoms. The highest BCUT2D eigenvalue weighted by molar-refractivity contribution is 6.08. The fraction of sp³-hybridized carbons (Fsp3) is 0.273. The number of amides is 2. The Morgan fingerprint density at radius 2 is 1.64 bits per heavy atom. The third-order valence-corrected chi connectivity index (χ3v) is 8.10. The van der Waals surface area contributed by atoms with Gasteiger partial charge in [0, 0.05) is 60.9 Å². The van der Waals surface area contributed by atoms with Gasteiger partial charge < -0.3 is 24.4 Å². The van der Waals surface area contributed by atoms with Gasteiger partial charge in [0.05, 0.1) is 24.5 Å². The third kappa shape index (κ3) is 5.93. The summed E-state index contributed by atoms with van der Waals surface area (Å²) >= 11 is 0.